The maximum absolute atomic E-state index is 13.0. The van der Waals surface area contributed by atoms with Gasteiger partial charge in [0.25, 0.3) is 0 Å². The van der Waals surface area contributed by atoms with Crippen molar-refractivity contribution in [1.29, 1.82) is 0 Å². The van der Waals surface area contributed by atoms with E-state index in [0.717, 1.165) is 28.4 Å². The van der Waals surface area contributed by atoms with Crippen molar-refractivity contribution in [2.24, 2.45) is 0 Å². The highest BCUT2D eigenvalue weighted by Crippen LogP contribution is 2.19. The van der Waals surface area contributed by atoms with Crippen LogP contribution < -0.4 is 0 Å². The van der Waals surface area contributed by atoms with Crippen LogP contribution in [-0.2, 0) is 22.5 Å². The summed E-state index contributed by atoms with van der Waals surface area (Å²) in [6.07, 6.45) is 1.92. The van der Waals surface area contributed by atoms with Gasteiger partial charge in [-0.15, -0.1) is 0 Å². The predicted octanol–water partition coefficient (Wildman–Crippen LogP) is 3.30. The van der Waals surface area contributed by atoms with E-state index in [0.29, 0.717) is 26.1 Å². The molecule has 0 saturated heterocycles. The molecule has 0 atom stereocenters. The van der Waals surface area contributed by atoms with E-state index in [1.807, 2.05) is 61.0 Å². The number of methoxy groups -OCH3 is 1. The molecule has 27 heavy (non-hydrogen) atoms. The average molecular weight is 367 g/mol. The number of carbonyl (C=O) groups is 1. The zero-order valence-electron chi connectivity index (χ0n) is 16.0. The van der Waals surface area contributed by atoms with E-state index in [-0.39, 0.29) is 5.91 Å². The standard InChI is InChI=1S/C21H25N3O3/c1-16-20(17(2)24(22-16)18-8-5-4-6-9-18)14-21(25)23(11-13-26-3)15-19-10-7-12-27-19/h4-10,12H,11,13-15H2,1-3H3. The fourth-order valence-corrected chi connectivity index (χ4v) is 3.10. The molecule has 6 nitrogen and oxygen atoms in total. The van der Waals surface area contributed by atoms with E-state index in [4.69, 9.17) is 9.15 Å². The summed E-state index contributed by atoms with van der Waals surface area (Å²) in [5, 5.41) is 4.63. The SMILES string of the molecule is COCCN(Cc1ccco1)C(=O)Cc1c(C)nn(-c2ccccc2)c1C. The number of aromatic nitrogens is 2. The van der Waals surface area contributed by atoms with Gasteiger partial charge in [0.2, 0.25) is 5.91 Å². The molecule has 142 valence electrons. The fourth-order valence-electron chi connectivity index (χ4n) is 3.10. The molecular weight excluding hydrogens is 342 g/mol. The van der Waals surface area contributed by atoms with Gasteiger partial charge in [0, 0.05) is 24.9 Å². The van der Waals surface area contributed by atoms with Gasteiger partial charge in [0.1, 0.15) is 5.76 Å². The Kier molecular flexibility index (Phi) is 6.08. The molecule has 2 aromatic heterocycles. The van der Waals surface area contributed by atoms with E-state index in [1.165, 1.54) is 0 Å². The Morgan fingerprint density at radius 3 is 2.63 bits per heavy atom. The first-order chi connectivity index (χ1) is 13.1. The quantitative estimate of drug-likeness (QED) is 0.613. The molecular formula is C21H25N3O3. The van der Waals surface area contributed by atoms with Crippen molar-refractivity contribution in [3.63, 3.8) is 0 Å². The molecule has 0 unspecified atom stereocenters. The van der Waals surface area contributed by atoms with Crippen LogP contribution in [0.1, 0.15) is 22.7 Å². The molecule has 0 aliphatic rings. The minimum absolute atomic E-state index is 0.0299. The van der Waals surface area contributed by atoms with E-state index < -0.39 is 0 Å². The van der Waals surface area contributed by atoms with Crippen molar-refractivity contribution in [1.82, 2.24) is 14.7 Å². The third kappa shape index (κ3) is 4.46. The maximum atomic E-state index is 13.0. The van der Waals surface area contributed by atoms with Crippen LogP contribution in [0.5, 0.6) is 0 Å². The number of carbonyl (C=O) groups excluding carboxylic acids is 1. The summed E-state index contributed by atoms with van der Waals surface area (Å²) in [5.74, 6) is 0.787. The lowest BCUT2D eigenvalue weighted by molar-refractivity contribution is -0.132. The maximum Gasteiger partial charge on any atom is 0.227 e. The van der Waals surface area contributed by atoms with Crippen LogP contribution in [0.4, 0.5) is 0 Å². The van der Waals surface area contributed by atoms with Crippen molar-refractivity contribution in [3.05, 3.63) is 71.4 Å². The Hall–Kier alpha value is -2.86. The number of rotatable bonds is 8. The molecule has 0 aliphatic heterocycles. The number of para-hydroxylation sites is 1. The van der Waals surface area contributed by atoms with Crippen LogP contribution in [0.15, 0.2) is 53.1 Å². The van der Waals surface area contributed by atoms with Gasteiger partial charge in [-0.05, 0) is 38.1 Å². The molecule has 0 N–H and O–H groups in total. The molecule has 2 heterocycles. The first-order valence-corrected chi connectivity index (χ1v) is 8.99. The van der Waals surface area contributed by atoms with Crippen molar-refractivity contribution in [3.8, 4) is 5.69 Å². The lowest BCUT2D eigenvalue weighted by atomic mass is 10.1. The Balaban J connectivity index is 1.80. The highest BCUT2D eigenvalue weighted by Gasteiger charge is 2.20. The van der Waals surface area contributed by atoms with Gasteiger partial charge in [0.15, 0.2) is 0 Å². The van der Waals surface area contributed by atoms with Gasteiger partial charge in [-0.2, -0.15) is 5.10 Å². The van der Waals surface area contributed by atoms with Gasteiger partial charge in [-0.3, -0.25) is 4.79 Å². The lowest BCUT2D eigenvalue weighted by Crippen LogP contribution is -2.34. The summed E-state index contributed by atoms with van der Waals surface area (Å²) in [7, 11) is 1.63. The fraction of sp³-hybridized carbons (Fsp3) is 0.333. The number of ether oxygens (including phenoxy) is 1. The van der Waals surface area contributed by atoms with Crippen LogP contribution in [0.3, 0.4) is 0 Å². The monoisotopic (exact) mass is 367 g/mol. The smallest absolute Gasteiger partial charge is 0.227 e. The van der Waals surface area contributed by atoms with Crippen molar-refractivity contribution in [2.75, 3.05) is 20.3 Å². The molecule has 0 spiro atoms. The van der Waals surface area contributed by atoms with E-state index in [1.54, 1.807) is 18.3 Å². The summed E-state index contributed by atoms with van der Waals surface area (Å²) in [5.41, 5.74) is 3.81. The Morgan fingerprint density at radius 2 is 1.96 bits per heavy atom. The topological polar surface area (TPSA) is 60.5 Å². The number of hydrogen-bond donors (Lipinski definition) is 0. The molecule has 1 amide bonds. The lowest BCUT2D eigenvalue weighted by Gasteiger charge is -2.21. The van der Waals surface area contributed by atoms with Gasteiger partial charge >= 0.3 is 0 Å². The van der Waals surface area contributed by atoms with Gasteiger partial charge in [-0.1, -0.05) is 18.2 Å². The van der Waals surface area contributed by atoms with Gasteiger partial charge in [0.05, 0.1) is 37.2 Å². The summed E-state index contributed by atoms with van der Waals surface area (Å²) in [4.78, 5) is 14.8. The number of hydrogen-bond acceptors (Lipinski definition) is 4. The normalized spacial score (nSPS) is 10.9. The molecule has 3 rings (SSSR count). The molecule has 0 radical (unpaired) electrons. The minimum atomic E-state index is 0.0299. The first kappa shape index (κ1) is 18.9. The average Bonchev–Trinajstić information content (AvgIpc) is 3.29. The number of benzene rings is 1. The molecule has 1 aromatic carbocycles. The summed E-state index contributed by atoms with van der Waals surface area (Å²) < 4.78 is 12.5. The zero-order valence-corrected chi connectivity index (χ0v) is 16.0. The number of furan rings is 1. The summed E-state index contributed by atoms with van der Waals surface area (Å²) in [6.45, 7) is 5.37. The highest BCUT2D eigenvalue weighted by molar-refractivity contribution is 5.79. The molecule has 0 fully saturated rings. The Labute approximate surface area is 159 Å². The predicted molar refractivity (Wildman–Crippen MR) is 103 cm³/mol. The molecule has 6 heteroatoms. The molecule has 3 aromatic rings. The van der Waals surface area contributed by atoms with Crippen LogP contribution in [0.25, 0.3) is 5.69 Å². The van der Waals surface area contributed by atoms with Crippen LogP contribution in [0.2, 0.25) is 0 Å². The second kappa shape index (κ2) is 8.68. The molecule has 0 aliphatic carbocycles. The number of aryl methyl sites for hydroxylation is 1. The second-order valence-electron chi connectivity index (χ2n) is 6.46. The van der Waals surface area contributed by atoms with Crippen molar-refractivity contribution in [2.45, 2.75) is 26.8 Å². The third-order valence-electron chi connectivity index (χ3n) is 4.61. The zero-order chi connectivity index (χ0) is 19.2. The first-order valence-electron chi connectivity index (χ1n) is 8.99. The van der Waals surface area contributed by atoms with Crippen LogP contribution in [0, 0.1) is 13.8 Å². The van der Waals surface area contributed by atoms with Crippen LogP contribution in [-0.4, -0.2) is 40.8 Å². The largest absolute Gasteiger partial charge is 0.467 e. The van der Waals surface area contributed by atoms with E-state index in [9.17, 15) is 4.79 Å². The van der Waals surface area contributed by atoms with Crippen molar-refractivity contribution >= 4 is 5.91 Å². The van der Waals surface area contributed by atoms with Crippen LogP contribution >= 0.6 is 0 Å². The Morgan fingerprint density at radius 1 is 1.19 bits per heavy atom. The third-order valence-corrected chi connectivity index (χ3v) is 4.61. The number of amides is 1. The summed E-state index contributed by atoms with van der Waals surface area (Å²) >= 11 is 0. The van der Waals surface area contributed by atoms with E-state index in [2.05, 4.69) is 5.10 Å². The minimum Gasteiger partial charge on any atom is -0.467 e. The van der Waals surface area contributed by atoms with Gasteiger partial charge in [-0.25, -0.2) is 4.68 Å². The molecule has 0 saturated carbocycles. The number of nitrogens with zero attached hydrogens (tertiary/aromatic N) is 3. The summed E-state index contributed by atoms with van der Waals surface area (Å²) in [6, 6.07) is 13.6. The van der Waals surface area contributed by atoms with Gasteiger partial charge < -0.3 is 14.1 Å². The molecule has 0 bridgehead atoms. The Bertz CT molecular complexity index is 870. The van der Waals surface area contributed by atoms with Crippen molar-refractivity contribution < 1.29 is 13.9 Å². The highest BCUT2D eigenvalue weighted by atomic mass is 16.5. The van der Waals surface area contributed by atoms with E-state index >= 15 is 0 Å². The second-order valence-corrected chi connectivity index (χ2v) is 6.46.